The predicted octanol–water partition coefficient (Wildman–Crippen LogP) is 2.69. The van der Waals surface area contributed by atoms with Crippen LogP contribution in [0.1, 0.15) is 46.0 Å². The summed E-state index contributed by atoms with van der Waals surface area (Å²) in [6.07, 6.45) is 3.93. The number of nitrogens with zero attached hydrogens (tertiary/aromatic N) is 2. The van der Waals surface area contributed by atoms with Crippen LogP contribution < -0.4 is 5.32 Å². The van der Waals surface area contributed by atoms with E-state index in [1.807, 2.05) is 0 Å². The number of sulfonamides is 1. The Morgan fingerprint density at radius 1 is 1.17 bits per heavy atom. The first-order valence-corrected chi connectivity index (χ1v) is 11.9. The van der Waals surface area contributed by atoms with Crippen molar-refractivity contribution >= 4 is 27.5 Å². The van der Waals surface area contributed by atoms with E-state index in [9.17, 15) is 18.0 Å². The molecule has 2 saturated heterocycles. The average Bonchev–Trinajstić information content (AvgIpc) is 3.08. The Morgan fingerprint density at radius 3 is 2.45 bits per heavy atom. The topological polar surface area (TPSA) is 86.8 Å². The number of unbranched alkanes of at least 4 members (excludes halogenated alkanes) is 1. The standard InChI is InChI=1S/C21H31N3O4S/c1-3-4-11-23-15-17(14-20(23)25)21(26)22-18-5-7-19(8-6-18)29(27,28)24-12-9-16(2)10-13-24/h5-8,16-17H,3-4,9-15H2,1-2H3,(H,22,26)/t17-/m1/s1. The summed E-state index contributed by atoms with van der Waals surface area (Å²) in [5.41, 5.74) is 0.542. The molecule has 1 N–H and O–H groups in total. The van der Waals surface area contributed by atoms with Crippen molar-refractivity contribution < 1.29 is 18.0 Å². The largest absolute Gasteiger partial charge is 0.342 e. The van der Waals surface area contributed by atoms with Crippen LogP contribution >= 0.6 is 0 Å². The van der Waals surface area contributed by atoms with Crippen LogP contribution in [0.5, 0.6) is 0 Å². The number of likely N-dealkylation sites (tertiary alicyclic amines) is 1. The molecule has 1 aromatic rings. The molecule has 29 heavy (non-hydrogen) atoms. The summed E-state index contributed by atoms with van der Waals surface area (Å²) in [7, 11) is -3.50. The van der Waals surface area contributed by atoms with Gasteiger partial charge in [-0.25, -0.2) is 8.42 Å². The highest BCUT2D eigenvalue weighted by atomic mass is 32.2. The molecule has 2 fully saturated rings. The van der Waals surface area contributed by atoms with Crippen molar-refractivity contribution in [2.45, 2.75) is 50.8 Å². The first-order chi connectivity index (χ1) is 13.8. The van der Waals surface area contributed by atoms with Crippen LogP contribution in [0.25, 0.3) is 0 Å². The van der Waals surface area contributed by atoms with Gasteiger partial charge in [-0.3, -0.25) is 9.59 Å². The second kappa shape index (κ2) is 9.26. The molecule has 0 radical (unpaired) electrons. The molecule has 0 saturated carbocycles. The maximum Gasteiger partial charge on any atom is 0.243 e. The predicted molar refractivity (Wildman–Crippen MR) is 112 cm³/mol. The number of anilines is 1. The summed E-state index contributed by atoms with van der Waals surface area (Å²) in [5, 5.41) is 2.82. The van der Waals surface area contributed by atoms with Gasteiger partial charge in [-0.2, -0.15) is 4.31 Å². The van der Waals surface area contributed by atoms with Crippen molar-refractivity contribution in [1.82, 2.24) is 9.21 Å². The molecule has 7 nitrogen and oxygen atoms in total. The lowest BCUT2D eigenvalue weighted by Gasteiger charge is -2.29. The quantitative estimate of drug-likeness (QED) is 0.733. The molecule has 3 rings (SSSR count). The normalized spacial score (nSPS) is 21.5. The minimum Gasteiger partial charge on any atom is -0.342 e. The Hall–Kier alpha value is -1.93. The van der Waals surface area contributed by atoms with Crippen molar-refractivity contribution in [3.05, 3.63) is 24.3 Å². The molecule has 1 aromatic carbocycles. The lowest BCUT2D eigenvalue weighted by atomic mass is 10.0. The van der Waals surface area contributed by atoms with E-state index in [-0.39, 0.29) is 29.0 Å². The molecule has 2 aliphatic heterocycles. The molecule has 0 unspecified atom stereocenters. The van der Waals surface area contributed by atoms with Crippen molar-refractivity contribution in [1.29, 1.82) is 0 Å². The highest BCUT2D eigenvalue weighted by Gasteiger charge is 2.34. The minimum atomic E-state index is -3.50. The van der Waals surface area contributed by atoms with Gasteiger partial charge in [0.25, 0.3) is 0 Å². The van der Waals surface area contributed by atoms with Crippen LogP contribution in [0.2, 0.25) is 0 Å². The third-order valence-corrected chi connectivity index (χ3v) is 7.78. The lowest BCUT2D eigenvalue weighted by molar-refractivity contribution is -0.128. The second-order valence-electron chi connectivity index (χ2n) is 8.19. The number of hydrogen-bond donors (Lipinski definition) is 1. The van der Waals surface area contributed by atoms with Crippen LogP contribution in [0.4, 0.5) is 5.69 Å². The molecule has 0 aliphatic carbocycles. The Labute approximate surface area is 173 Å². The lowest BCUT2D eigenvalue weighted by Crippen LogP contribution is -2.37. The molecule has 160 valence electrons. The zero-order valence-electron chi connectivity index (χ0n) is 17.3. The first kappa shape index (κ1) is 21.8. The maximum absolute atomic E-state index is 12.8. The molecular formula is C21H31N3O4S. The van der Waals surface area contributed by atoms with Crippen LogP contribution in [0.3, 0.4) is 0 Å². The number of benzene rings is 1. The van der Waals surface area contributed by atoms with Gasteiger partial charge in [0.05, 0.1) is 10.8 Å². The average molecular weight is 422 g/mol. The number of hydrogen-bond acceptors (Lipinski definition) is 4. The fourth-order valence-corrected chi connectivity index (χ4v) is 5.31. The number of carbonyl (C=O) groups is 2. The van der Waals surface area contributed by atoms with E-state index in [2.05, 4.69) is 19.2 Å². The maximum atomic E-state index is 12.8. The Kier molecular flexibility index (Phi) is 6.95. The van der Waals surface area contributed by atoms with E-state index in [1.54, 1.807) is 17.0 Å². The summed E-state index contributed by atoms with van der Waals surface area (Å²) < 4.78 is 27.1. The molecule has 8 heteroatoms. The van der Waals surface area contributed by atoms with Crippen molar-refractivity contribution in [2.24, 2.45) is 11.8 Å². The summed E-state index contributed by atoms with van der Waals surface area (Å²) >= 11 is 0. The van der Waals surface area contributed by atoms with Gasteiger partial charge in [0, 0.05) is 38.3 Å². The monoisotopic (exact) mass is 421 g/mol. The fraction of sp³-hybridized carbons (Fsp3) is 0.619. The second-order valence-corrected chi connectivity index (χ2v) is 10.1. The smallest absolute Gasteiger partial charge is 0.243 e. The Balaban J connectivity index is 1.59. The number of amides is 2. The van der Waals surface area contributed by atoms with Crippen molar-refractivity contribution in [3.63, 3.8) is 0 Å². The van der Waals surface area contributed by atoms with Crippen LogP contribution in [0, 0.1) is 11.8 Å². The minimum absolute atomic E-state index is 0.0240. The summed E-state index contributed by atoms with van der Waals surface area (Å²) in [4.78, 5) is 26.6. The Bertz CT molecular complexity index is 830. The number of carbonyl (C=O) groups excluding carboxylic acids is 2. The number of rotatable bonds is 7. The third-order valence-electron chi connectivity index (χ3n) is 5.87. The van der Waals surface area contributed by atoms with Crippen molar-refractivity contribution in [3.8, 4) is 0 Å². The molecule has 0 aromatic heterocycles. The van der Waals surface area contributed by atoms with E-state index >= 15 is 0 Å². The van der Waals surface area contributed by atoms with E-state index in [0.29, 0.717) is 37.8 Å². The highest BCUT2D eigenvalue weighted by molar-refractivity contribution is 7.89. The van der Waals surface area contributed by atoms with Gasteiger partial charge >= 0.3 is 0 Å². The zero-order chi connectivity index (χ0) is 21.0. The van der Waals surface area contributed by atoms with Gasteiger partial charge in [0.2, 0.25) is 21.8 Å². The SMILES string of the molecule is CCCCN1C[C@H](C(=O)Nc2ccc(S(=O)(=O)N3CCC(C)CC3)cc2)CC1=O. The summed E-state index contributed by atoms with van der Waals surface area (Å²) in [6, 6.07) is 6.30. The van der Waals surface area contributed by atoms with Gasteiger partial charge in [0.1, 0.15) is 0 Å². The van der Waals surface area contributed by atoms with E-state index in [0.717, 1.165) is 25.7 Å². The summed E-state index contributed by atoms with van der Waals surface area (Å²) in [6.45, 7) is 6.45. The fourth-order valence-electron chi connectivity index (χ4n) is 3.84. The molecular weight excluding hydrogens is 390 g/mol. The molecule has 2 amide bonds. The highest BCUT2D eigenvalue weighted by Crippen LogP contribution is 2.25. The van der Waals surface area contributed by atoms with Gasteiger partial charge in [-0.05, 0) is 49.4 Å². The molecule has 2 aliphatic rings. The third kappa shape index (κ3) is 5.17. The molecule has 2 heterocycles. The number of piperidine rings is 1. The van der Waals surface area contributed by atoms with E-state index in [4.69, 9.17) is 0 Å². The van der Waals surface area contributed by atoms with Gasteiger partial charge in [-0.15, -0.1) is 0 Å². The molecule has 1 atom stereocenters. The molecule has 0 bridgehead atoms. The van der Waals surface area contributed by atoms with Crippen LogP contribution in [-0.2, 0) is 19.6 Å². The van der Waals surface area contributed by atoms with Crippen molar-refractivity contribution in [2.75, 3.05) is 31.5 Å². The summed E-state index contributed by atoms with van der Waals surface area (Å²) in [5.74, 6) is 0.0198. The molecule has 0 spiro atoms. The van der Waals surface area contributed by atoms with Crippen LogP contribution in [-0.4, -0.2) is 55.6 Å². The van der Waals surface area contributed by atoms with Gasteiger partial charge in [0.15, 0.2) is 0 Å². The Morgan fingerprint density at radius 2 is 1.83 bits per heavy atom. The van der Waals surface area contributed by atoms with Gasteiger partial charge < -0.3 is 10.2 Å². The van der Waals surface area contributed by atoms with Gasteiger partial charge in [-0.1, -0.05) is 20.3 Å². The number of nitrogens with one attached hydrogen (secondary N) is 1. The van der Waals surface area contributed by atoms with E-state index in [1.165, 1.54) is 16.4 Å². The first-order valence-electron chi connectivity index (χ1n) is 10.5. The van der Waals surface area contributed by atoms with E-state index < -0.39 is 10.0 Å². The zero-order valence-corrected chi connectivity index (χ0v) is 18.1. The van der Waals surface area contributed by atoms with Crippen LogP contribution in [0.15, 0.2) is 29.2 Å².